The number of benzene rings is 1. The summed E-state index contributed by atoms with van der Waals surface area (Å²) >= 11 is 3.45. The van der Waals surface area contributed by atoms with E-state index in [1.165, 1.54) is 5.56 Å². The number of hydrogen-bond acceptors (Lipinski definition) is 3. The fraction of sp³-hybridized carbons (Fsp3) is 0.250. The van der Waals surface area contributed by atoms with E-state index in [1.807, 2.05) is 38.1 Å². The summed E-state index contributed by atoms with van der Waals surface area (Å²) in [4.78, 5) is 0. The van der Waals surface area contributed by atoms with E-state index in [9.17, 15) is 0 Å². The number of aryl methyl sites for hydroxylation is 2. The first-order chi connectivity index (χ1) is 7.65. The predicted octanol–water partition coefficient (Wildman–Crippen LogP) is 3.63. The average Bonchev–Trinajstić information content (AvgIpc) is 2.63. The molecule has 1 aromatic heterocycles. The van der Waals surface area contributed by atoms with Crippen LogP contribution in [0.1, 0.15) is 17.0 Å². The van der Waals surface area contributed by atoms with E-state index >= 15 is 0 Å². The molecule has 2 rings (SSSR count). The molecule has 0 unspecified atom stereocenters. The summed E-state index contributed by atoms with van der Waals surface area (Å²) in [5.41, 5.74) is 2.05. The van der Waals surface area contributed by atoms with Gasteiger partial charge in [0.1, 0.15) is 12.4 Å². The maximum Gasteiger partial charge on any atom is 0.174 e. The second-order valence-electron chi connectivity index (χ2n) is 3.66. The van der Waals surface area contributed by atoms with Gasteiger partial charge in [-0.3, -0.25) is 0 Å². The largest absolute Gasteiger partial charge is 0.484 e. The Labute approximate surface area is 103 Å². The lowest BCUT2D eigenvalue weighted by atomic mass is 10.2. The van der Waals surface area contributed by atoms with Crippen LogP contribution in [0.2, 0.25) is 0 Å². The Hall–Kier alpha value is -1.29. The van der Waals surface area contributed by atoms with Crippen molar-refractivity contribution in [2.75, 3.05) is 0 Å². The summed E-state index contributed by atoms with van der Waals surface area (Å²) in [5.74, 6) is 1.53. The van der Waals surface area contributed by atoms with Gasteiger partial charge in [-0.15, -0.1) is 0 Å². The molecular formula is C12H12BrNO2. The molecule has 84 valence electrons. The van der Waals surface area contributed by atoms with E-state index in [4.69, 9.17) is 9.26 Å². The quantitative estimate of drug-likeness (QED) is 0.862. The molecule has 1 heterocycles. The van der Waals surface area contributed by atoms with E-state index in [0.29, 0.717) is 6.61 Å². The Balaban J connectivity index is 2.04. The van der Waals surface area contributed by atoms with Crippen molar-refractivity contribution >= 4 is 15.9 Å². The molecule has 0 aliphatic heterocycles. The van der Waals surface area contributed by atoms with E-state index in [1.54, 1.807) is 0 Å². The van der Waals surface area contributed by atoms with Gasteiger partial charge in [-0.1, -0.05) is 11.2 Å². The molecule has 0 radical (unpaired) electrons. The van der Waals surface area contributed by atoms with Crippen molar-refractivity contribution in [3.8, 4) is 5.75 Å². The molecule has 4 heteroatoms. The number of nitrogens with zero attached hydrogens (tertiary/aromatic N) is 1. The standard InChI is InChI=1S/C12H12BrNO2/c1-8-3-4-12(11(13)5-8)15-7-10-6-9(2)14-16-10/h3-6H,7H2,1-2H3. The zero-order valence-corrected chi connectivity index (χ0v) is 10.7. The van der Waals surface area contributed by atoms with Gasteiger partial charge in [0.05, 0.1) is 10.2 Å². The van der Waals surface area contributed by atoms with Gasteiger partial charge >= 0.3 is 0 Å². The van der Waals surface area contributed by atoms with Crippen LogP contribution in [-0.4, -0.2) is 5.16 Å². The molecule has 0 amide bonds. The van der Waals surface area contributed by atoms with Crippen LogP contribution in [0.3, 0.4) is 0 Å². The van der Waals surface area contributed by atoms with Gasteiger partial charge in [0.25, 0.3) is 0 Å². The van der Waals surface area contributed by atoms with E-state index in [-0.39, 0.29) is 0 Å². The fourth-order valence-electron chi connectivity index (χ4n) is 1.36. The van der Waals surface area contributed by atoms with Crippen molar-refractivity contribution in [2.24, 2.45) is 0 Å². The van der Waals surface area contributed by atoms with E-state index in [2.05, 4.69) is 21.1 Å². The molecule has 2 aromatic rings. The first kappa shape index (κ1) is 11.2. The number of ether oxygens (including phenoxy) is 1. The van der Waals surface area contributed by atoms with Crippen molar-refractivity contribution < 1.29 is 9.26 Å². The number of halogens is 1. The van der Waals surface area contributed by atoms with Gasteiger partial charge < -0.3 is 9.26 Å². The van der Waals surface area contributed by atoms with Crippen LogP contribution in [0.5, 0.6) is 5.75 Å². The molecule has 0 fully saturated rings. The van der Waals surface area contributed by atoms with Crippen LogP contribution >= 0.6 is 15.9 Å². The summed E-state index contributed by atoms with van der Waals surface area (Å²) in [6.07, 6.45) is 0. The first-order valence-electron chi connectivity index (χ1n) is 4.96. The minimum absolute atomic E-state index is 0.391. The lowest BCUT2D eigenvalue weighted by molar-refractivity contribution is 0.247. The molecule has 1 aromatic carbocycles. The molecule has 0 saturated carbocycles. The predicted molar refractivity (Wildman–Crippen MR) is 64.5 cm³/mol. The second-order valence-corrected chi connectivity index (χ2v) is 4.51. The molecular weight excluding hydrogens is 270 g/mol. The molecule has 0 N–H and O–H groups in total. The van der Waals surface area contributed by atoms with Crippen molar-refractivity contribution in [1.29, 1.82) is 0 Å². The van der Waals surface area contributed by atoms with Crippen molar-refractivity contribution in [1.82, 2.24) is 5.16 Å². The van der Waals surface area contributed by atoms with Crippen LogP contribution in [0.25, 0.3) is 0 Å². The minimum atomic E-state index is 0.391. The molecule has 0 bridgehead atoms. The third-order valence-corrected chi connectivity index (χ3v) is 2.75. The van der Waals surface area contributed by atoms with Crippen molar-refractivity contribution in [2.45, 2.75) is 20.5 Å². The highest BCUT2D eigenvalue weighted by atomic mass is 79.9. The Morgan fingerprint density at radius 1 is 1.31 bits per heavy atom. The first-order valence-corrected chi connectivity index (χ1v) is 5.75. The number of rotatable bonds is 3. The summed E-state index contributed by atoms with van der Waals surface area (Å²) < 4.78 is 11.6. The van der Waals surface area contributed by atoms with Gasteiger partial charge in [0.2, 0.25) is 0 Å². The summed E-state index contributed by atoms with van der Waals surface area (Å²) in [6.45, 7) is 4.31. The van der Waals surface area contributed by atoms with Gasteiger partial charge in [-0.05, 0) is 47.5 Å². The lowest BCUT2D eigenvalue weighted by Crippen LogP contribution is -1.94. The topological polar surface area (TPSA) is 35.3 Å². The monoisotopic (exact) mass is 281 g/mol. The molecule has 0 atom stereocenters. The zero-order chi connectivity index (χ0) is 11.5. The van der Waals surface area contributed by atoms with E-state index in [0.717, 1.165) is 21.7 Å². The third-order valence-electron chi connectivity index (χ3n) is 2.13. The van der Waals surface area contributed by atoms with Gasteiger partial charge in [-0.2, -0.15) is 0 Å². The molecule has 0 spiro atoms. The van der Waals surface area contributed by atoms with Crippen molar-refractivity contribution in [3.63, 3.8) is 0 Å². The third kappa shape index (κ3) is 2.64. The number of aromatic nitrogens is 1. The lowest BCUT2D eigenvalue weighted by Gasteiger charge is -2.06. The van der Waals surface area contributed by atoms with Gasteiger partial charge in [-0.25, -0.2) is 0 Å². The molecule has 0 saturated heterocycles. The SMILES string of the molecule is Cc1ccc(OCc2cc(C)no2)c(Br)c1. The van der Waals surface area contributed by atoms with Gasteiger partial charge in [0, 0.05) is 6.07 Å². The molecule has 0 aliphatic rings. The molecule has 16 heavy (non-hydrogen) atoms. The Morgan fingerprint density at radius 3 is 2.75 bits per heavy atom. The smallest absolute Gasteiger partial charge is 0.174 e. The Morgan fingerprint density at radius 2 is 2.12 bits per heavy atom. The summed E-state index contributed by atoms with van der Waals surface area (Å²) in [7, 11) is 0. The maximum absolute atomic E-state index is 5.61. The van der Waals surface area contributed by atoms with Crippen LogP contribution in [0, 0.1) is 13.8 Å². The Kier molecular flexibility index (Phi) is 3.29. The minimum Gasteiger partial charge on any atom is -0.484 e. The second kappa shape index (κ2) is 4.70. The molecule has 0 aliphatic carbocycles. The summed E-state index contributed by atoms with van der Waals surface area (Å²) in [6, 6.07) is 7.82. The van der Waals surface area contributed by atoms with Crippen molar-refractivity contribution in [3.05, 3.63) is 45.8 Å². The fourth-order valence-corrected chi connectivity index (χ4v) is 1.96. The van der Waals surface area contributed by atoms with E-state index < -0.39 is 0 Å². The highest BCUT2D eigenvalue weighted by Crippen LogP contribution is 2.26. The normalized spacial score (nSPS) is 10.4. The zero-order valence-electron chi connectivity index (χ0n) is 9.16. The van der Waals surface area contributed by atoms with Gasteiger partial charge in [0.15, 0.2) is 5.76 Å². The van der Waals surface area contributed by atoms with Crippen LogP contribution in [0.15, 0.2) is 33.3 Å². The Bertz CT molecular complexity index is 494. The molecule has 3 nitrogen and oxygen atoms in total. The van der Waals surface area contributed by atoms with Crippen LogP contribution in [-0.2, 0) is 6.61 Å². The number of hydrogen-bond donors (Lipinski definition) is 0. The average molecular weight is 282 g/mol. The summed E-state index contributed by atoms with van der Waals surface area (Å²) in [5, 5.41) is 3.80. The highest BCUT2D eigenvalue weighted by molar-refractivity contribution is 9.10. The highest BCUT2D eigenvalue weighted by Gasteiger charge is 2.04. The van der Waals surface area contributed by atoms with Crippen LogP contribution < -0.4 is 4.74 Å². The maximum atomic E-state index is 5.61. The van der Waals surface area contributed by atoms with Crippen LogP contribution in [0.4, 0.5) is 0 Å².